The van der Waals surface area contributed by atoms with Crippen molar-refractivity contribution in [2.24, 2.45) is 5.92 Å². The molecule has 3 atom stereocenters. The number of hydrogen-bond donors (Lipinski definition) is 1. The number of para-hydroxylation sites is 1. The zero-order valence-electron chi connectivity index (χ0n) is 18.2. The first kappa shape index (κ1) is 21.2. The van der Waals surface area contributed by atoms with Crippen molar-refractivity contribution in [2.45, 2.75) is 59.1 Å². The van der Waals surface area contributed by atoms with E-state index in [2.05, 4.69) is 41.4 Å². The first-order valence-electron chi connectivity index (χ1n) is 10.9. The molecule has 0 unspecified atom stereocenters. The molecule has 3 rings (SSSR count). The molecule has 4 nitrogen and oxygen atoms in total. The summed E-state index contributed by atoms with van der Waals surface area (Å²) in [6, 6.07) is 16.4. The van der Waals surface area contributed by atoms with E-state index in [4.69, 9.17) is 4.74 Å². The highest BCUT2D eigenvalue weighted by Crippen LogP contribution is 2.25. The monoisotopic (exact) mass is 394 g/mol. The average molecular weight is 395 g/mol. The summed E-state index contributed by atoms with van der Waals surface area (Å²) in [4.78, 5) is 15.2. The lowest BCUT2D eigenvalue weighted by Crippen LogP contribution is -2.39. The summed E-state index contributed by atoms with van der Waals surface area (Å²) in [5.41, 5.74) is 3.42. The molecule has 1 amide bonds. The Morgan fingerprint density at radius 2 is 1.93 bits per heavy atom. The quantitative estimate of drug-likeness (QED) is 0.696. The minimum atomic E-state index is -0.493. The number of hydrogen-bond acceptors (Lipinski definition) is 3. The predicted molar refractivity (Wildman–Crippen MR) is 119 cm³/mol. The topological polar surface area (TPSA) is 41.6 Å². The third-order valence-corrected chi connectivity index (χ3v) is 5.80. The number of ether oxygens (including phenoxy) is 1. The van der Waals surface area contributed by atoms with Gasteiger partial charge in [0.2, 0.25) is 0 Å². The van der Waals surface area contributed by atoms with Crippen LogP contribution in [0.5, 0.6) is 5.75 Å². The van der Waals surface area contributed by atoms with Gasteiger partial charge in [-0.25, -0.2) is 0 Å². The van der Waals surface area contributed by atoms with Crippen molar-refractivity contribution in [3.05, 3.63) is 59.7 Å². The number of benzene rings is 2. The van der Waals surface area contributed by atoms with Gasteiger partial charge >= 0.3 is 0 Å². The van der Waals surface area contributed by atoms with Gasteiger partial charge in [0.25, 0.3) is 5.91 Å². The van der Waals surface area contributed by atoms with Crippen LogP contribution in [0.1, 0.15) is 57.2 Å². The molecule has 0 aliphatic carbocycles. The van der Waals surface area contributed by atoms with Crippen LogP contribution in [0.3, 0.4) is 0 Å². The van der Waals surface area contributed by atoms with Crippen LogP contribution in [0, 0.1) is 12.8 Å². The highest BCUT2D eigenvalue weighted by Gasteiger charge is 2.22. The van der Waals surface area contributed by atoms with Crippen LogP contribution in [0.25, 0.3) is 0 Å². The van der Waals surface area contributed by atoms with E-state index in [1.165, 1.54) is 18.5 Å². The van der Waals surface area contributed by atoms with Gasteiger partial charge in [-0.2, -0.15) is 0 Å². The number of carbonyl (C=O) groups excluding carboxylic acids is 1. The first-order chi connectivity index (χ1) is 14.0. The van der Waals surface area contributed by atoms with Crippen LogP contribution < -0.4 is 15.0 Å². The number of nitrogens with one attached hydrogen (secondary N) is 1. The molecule has 1 aliphatic rings. The van der Waals surface area contributed by atoms with E-state index in [0.29, 0.717) is 6.42 Å². The van der Waals surface area contributed by atoms with Gasteiger partial charge in [0, 0.05) is 18.8 Å². The van der Waals surface area contributed by atoms with Gasteiger partial charge in [-0.3, -0.25) is 4.79 Å². The molecule has 2 aromatic carbocycles. The smallest absolute Gasteiger partial charge is 0.261 e. The number of amides is 1. The van der Waals surface area contributed by atoms with E-state index in [-0.39, 0.29) is 11.9 Å². The fourth-order valence-corrected chi connectivity index (χ4v) is 3.95. The summed E-state index contributed by atoms with van der Waals surface area (Å²) in [5.74, 6) is 1.44. The summed E-state index contributed by atoms with van der Waals surface area (Å²) in [7, 11) is 0. The van der Waals surface area contributed by atoms with Crippen molar-refractivity contribution in [1.29, 1.82) is 0 Å². The van der Waals surface area contributed by atoms with Crippen molar-refractivity contribution in [1.82, 2.24) is 5.32 Å². The van der Waals surface area contributed by atoms with Gasteiger partial charge in [-0.05, 0) is 68.4 Å². The number of carbonyl (C=O) groups is 1. The molecular formula is C25H34N2O2. The van der Waals surface area contributed by atoms with Gasteiger partial charge < -0.3 is 15.0 Å². The normalized spacial score (nSPS) is 18.8. The van der Waals surface area contributed by atoms with Gasteiger partial charge in [-0.1, -0.05) is 44.2 Å². The molecule has 2 aromatic rings. The molecule has 0 spiro atoms. The van der Waals surface area contributed by atoms with E-state index in [1.807, 2.05) is 45.0 Å². The van der Waals surface area contributed by atoms with E-state index in [1.54, 1.807) is 0 Å². The Hall–Kier alpha value is -2.49. The zero-order valence-corrected chi connectivity index (χ0v) is 18.2. The Balaban J connectivity index is 1.60. The van der Waals surface area contributed by atoms with E-state index < -0.39 is 6.10 Å². The number of piperidine rings is 1. The van der Waals surface area contributed by atoms with E-state index in [0.717, 1.165) is 35.9 Å². The third kappa shape index (κ3) is 5.53. The van der Waals surface area contributed by atoms with E-state index >= 15 is 0 Å². The lowest BCUT2D eigenvalue weighted by Gasteiger charge is -2.33. The van der Waals surface area contributed by atoms with Crippen LogP contribution in [0.4, 0.5) is 5.69 Å². The summed E-state index contributed by atoms with van der Waals surface area (Å²) < 4.78 is 5.98. The van der Waals surface area contributed by atoms with Crippen molar-refractivity contribution in [3.63, 3.8) is 0 Å². The van der Waals surface area contributed by atoms with Gasteiger partial charge in [0.1, 0.15) is 5.75 Å². The molecule has 1 fully saturated rings. The Morgan fingerprint density at radius 3 is 2.59 bits per heavy atom. The molecule has 1 N–H and O–H groups in total. The van der Waals surface area contributed by atoms with Crippen LogP contribution in [-0.4, -0.2) is 25.1 Å². The maximum atomic E-state index is 12.8. The summed E-state index contributed by atoms with van der Waals surface area (Å²) >= 11 is 0. The largest absolute Gasteiger partial charge is 0.480 e. The Bertz CT molecular complexity index is 803. The summed E-state index contributed by atoms with van der Waals surface area (Å²) in [6.45, 7) is 10.6. The zero-order chi connectivity index (χ0) is 20.8. The number of aryl methyl sites for hydroxylation is 1. The predicted octanol–water partition coefficient (Wildman–Crippen LogP) is 5.27. The standard InChI is InChI=1S/C25H34N2O2/c1-5-23(29-24-11-7-6-10-19(24)3)25(28)26-20(4)21-12-14-22(15-13-21)27-16-8-9-18(2)17-27/h6-7,10-15,18,20,23H,5,8-9,16-17H2,1-4H3,(H,26,28)/t18-,20-,23-/m0/s1. The lowest BCUT2D eigenvalue weighted by atomic mass is 9.99. The summed E-state index contributed by atoms with van der Waals surface area (Å²) in [5, 5.41) is 3.12. The fourth-order valence-electron chi connectivity index (χ4n) is 3.95. The minimum Gasteiger partial charge on any atom is -0.480 e. The molecule has 156 valence electrons. The molecule has 0 aromatic heterocycles. The Kier molecular flexibility index (Phi) is 7.18. The fraction of sp³-hybridized carbons (Fsp3) is 0.480. The van der Waals surface area contributed by atoms with Crippen LogP contribution >= 0.6 is 0 Å². The van der Waals surface area contributed by atoms with Crippen LogP contribution in [0.2, 0.25) is 0 Å². The molecular weight excluding hydrogens is 360 g/mol. The molecule has 0 radical (unpaired) electrons. The average Bonchev–Trinajstić information content (AvgIpc) is 2.73. The second-order valence-corrected chi connectivity index (χ2v) is 8.30. The van der Waals surface area contributed by atoms with Gasteiger partial charge in [-0.15, -0.1) is 0 Å². The highest BCUT2D eigenvalue weighted by molar-refractivity contribution is 5.81. The van der Waals surface area contributed by atoms with Crippen molar-refractivity contribution in [3.8, 4) is 5.75 Å². The maximum Gasteiger partial charge on any atom is 0.261 e. The molecule has 0 bridgehead atoms. The van der Waals surface area contributed by atoms with Crippen LogP contribution in [0.15, 0.2) is 48.5 Å². The SMILES string of the molecule is CC[C@H](Oc1ccccc1C)C(=O)N[C@@H](C)c1ccc(N2CCC[C@H](C)C2)cc1. The summed E-state index contributed by atoms with van der Waals surface area (Å²) in [6.07, 6.45) is 2.71. The van der Waals surface area contributed by atoms with Gasteiger partial charge in [0.05, 0.1) is 6.04 Å². The van der Waals surface area contributed by atoms with E-state index in [9.17, 15) is 4.79 Å². The van der Waals surface area contributed by atoms with Gasteiger partial charge in [0.15, 0.2) is 6.10 Å². The van der Waals surface area contributed by atoms with Crippen LogP contribution in [-0.2, 0) is 4.79 Å². The Morgan fingerprint density at radius 1 is 1.21 bits per heavy atom. The lowest BCUT2D eigenvalue weighted by molar-refractivity contribution is -0.128. The third-order valence-electron chi connectivity index (χ3n) is 5.80. The Labute approximate surface area is 175 Å². The highest BCUT2D eigenvalue weighted by atomic mass is 16.5. The van der Waals surface area contributed by atoms with Crippen molar-refractivity contribution < 1.29 is 9.53 Å². The second-order valence-electron chi connectivity index (χ2n) is 8.30. The number of anilines is 1. The molecule has 4 heteroatoms. The molecule has 1 heterocycles. The molecule has 1 aliphatic heterocycles. The molecule has 29 heavy (non-hydrogen) atoms. The number of nitrogens with zero attached hydrogens (tertiary/aromatic N) is 1. The van der Waals surface area contributed by atoms with Crippen molar-refractivity contribution in [2.75, 3.05) is 18.0 Å². The minimum absolute atomic E-state index is 0.0636. The molecule has 1 saturated heterocycles. The maximum absolute atomic E-state index is 12.8. The first-order valence-corrected chi connectivity index (χ1v) is 10.9. The second kappa shape index (κ2) is 9.82. The van der Waals surface area contributed by atoms with Crippen molar-refractivity contribution >= 4 is 11.6 Å². The number of rotatable bonds is 7. The molecule has 0 saturated carbocycles.